The number of hydrogen-bond donors (Lipinski definition) is 2. The average Bonchev–Trinajstić information content (AvgIpc) is 2.68. The molecule has 148 valence electrons. The molecule has 0 aromatic heterocycles. The number of methoxy groups -OCH3 is 3. The molecule has 0 saturated heterocycles. The van der Waals surface area contributed by atoms with Gasteiger partial charge >= 0.3 is 5.69 Å². The summed E-state index contributed by atoms with van der Waals surface area (Å²) in [6.07, 6.45) is 1.03. The summed E-state index contributed by atoms with van der Waals surface area (Å²) in [6, 6.07) is 5.11. The van der Waals surface area contributed by atoms with Gasteiger partial charge in [0.15, 0.2) is 11.5 Å². The van der Waals surface area contributed by atoms with E-state index in [2.05, 4.69) is 10.5 Å². The SMILES string of the molecule is COc1cc(C(=O)N/N=C/c2cc(Cl)cc([N+](=O)[O-])c2O)cc(OC)c1OC. The molecule has 2 aromatic rings. The molecule has 0 saturated carbocycles. The molecule has 28 heavy (non-hydrogen) atoms. The van der Waals surface area contributed by atoms with E-state index in [9.17, 15) is 20.0 Å². The number of nitrogens with zero attached hydrogens (tertiary/aromatic N) is 2. The minimum atomic E-state index is -0.785. The fourth-order valence-corrected chi connectivity index (χ4v) is 2.50. The Morgan fingerprint density at radius 3 is 2.29 bits per heavy atom. The summed E-state index contributed by atoms with van der Waals surface area (Å²) in [7, 11) is 4.25. The molecule has 0 bridgehead atoms. The number of carbonyl (C=O) groups excluding carboxylic acids is 1. The van der Waals surface area contributed by atoms with Gasteiger partial charge in [0.05, 0.1) is 32.5 Å². The van der Waals surface area contributed by atoms with Gasteiger partial charge in [0.1, 0.15) is 0 Å². The third-order valence-corrected chi connectivity index (χ3v) is 3.80. The van der Waals surface area contributed by atoms with E-state index in [-0.39, 0.29) is 27.6 Å². The first-order valence-electron chi connectivity index (χ1n) is 7.62. The van der Waals surface area contributed by atoms with Gasteiger partial charge in [0.2, 0.25) is 11.5 Å². The molecule has 11 heteroatoms. The summed E-state index contributed by atoms with van der Waals surface area (Å²) in [5.74, 6) is -0.369. The number of aromatic hydroxyl groups is 1. The number of benzene rings is 2. The van der Waals surface area contributed by atoms with Crippen LogP contribution in [-0.4, -0.2) is 43.5 Å². The van der Waals surface area contributed by atoms with Crippen LogP contribution in [-0.2, 0) is 0 Å². The van der Waals surface area contributed by atoms with Crippen LogP contribution in [0.1, 0.15) is 15.9 Å². The number of rotatable bonds is 7. The number of phenolic OH excluding ortho intramolecular Hbond substituents is 1. The van der Waals surface area contributed by atoms with Crippen LogP contribution in [0.2, 0.25) is 5.02 Å². The summed E-state index contributed by atoms with van der Waals surface area (Å²) < 4.78 is 15.5. The predicted octanol–water partition coefficient (Wildman–Crippen LogP) is 2.74. The first-order valence-corrected chi connectivity index (χ1v) is 8.00. The molecule has 2 N–H and O–H groups in total. The van der Waals surface area contributed by atoms with E-state index < -0.39 is 22.3 Å². The zero-order valence-corrected chi connectivity index (χ0v) is 15.8. The van der Waals surface area contributed by atoms with Gasteiger partial charge in [-0.05, 0) is 18.2 Å². The number of halogens is 1. The molecule has 0 heterocycles. The lowest BCUT2D eigenvalue weighted by molar-refractivity contribution is -0.385. The van der Waals surface area contributed by atoms with Crippen LogP contribution in [0.3, 0.4) is 0 Å². The van der Waals surface area contributed by atoms with Gasteiger partial charge in [-0.1, -0.05) is 11.6 Å². The summed E-state index contributed by atoms with van der Waals surface area (Å²) >= 11 is 5.79. The standard InChI is InChI=1S/C17H16ClN3O7/c1-26-13-5-9(6-14(27-2)16(13)28-3)17(23)20-19-8-10-4-11(18)7-12(15(10)22)21(24)25/h4-8,22H,1-3H3,(H,20,23)/b19-8+. The number of amides is 1. The Hall–Kier alpha value is -3.53. The maximum absolute atomic E-state index is 12.3. The quantitative estimate of drug-likeness (QED) is 0.408. The third-order valence-electron chi connectivity index (χ3n) is 3.58. The van der Waals surface area contributed by atoms with E-state index in [0.717, 1.165) is 12.3 Å². The summed E-state index contributed by atoms with van der Waals surface area (Å²) in [4.78, 5) is 22.4. The molecule has 0 aliphatic carbocycles. The van der Waals surface area contributed by atoms with Crippen LogP contribution in [0, 0.1) is 10.1 Å². The molecule has 0 fully saturated rings. The Morgan fingerprint density at radius 1 is 1.18 bits per heavy atom. The van der Waals surface area contributed by atoms with Crippen LogP contribution in [0.5, 0.6) is 23.0 Å². The van der Waals surface area contributed by atoms with Crippen LogP contribution < -0.4 is 19.6 Å². The molecule has 0 unspecified atom stereocenters. The number of ether oxygens (including phenoxy) is 3. The fraction of sp³-hybridized carbons (Fsp3) is 0.176. The molecule has 0 atom stereocenters. The Balaban J connectivity index is 2.26. The Bertz CT molecular complexity index is 922. The summed E-state index contributed by atoms with van der Waals surface area (Å²) in [5.41, 5.74) is 1.78. The van der Waals surface area contributed by atoms with Crippen molar-refractivity contribution in [2.75, 3.05) is 21.3 Å². The molecule has 10 nitrogen and oxygen atoms in total. The first kappa shape index (κ1) is 20.8. The van der Waals surface area contributed by atoms with Crippen molar-refractivity contribution in [2.45, 2.75) is 0 Å². The highest BCUT2D eigenvalue weighted by atomic mass is 35.5. The van der Waals surface area contributed by atoms with E-state index in [0.29, 0.717) is 5.75 Å². The van der Waals surface area contributed by atoms with Crippen molar-refractivity contribution in [1.29, 1.82) is 0 Å². The molecule has 2 aromatic carbocycles. The highest BCUT2D eigenvalue weighted by Gasteiger charge is 2.19. The van der Waals surface area contributed by atoms with Gasteiger partial charge in [0, 0.05) is 22.2 Å². The highest BCUT2D eigenvalue weighted by Crippen LogP contribution is 2.38. The molecule has 0 radical (unpaired) electrons. The molecular formula is C17H16ClN3O7. The van der Waals surface area contributed by atoms with Crippen molar-refractivity contribution in [3.8, 4) is 23.0 Å². The lowest BCUT2D eigenvalue weighted by Gasteiger charge is -2.13. The molecule has 0 aliphatic heterocycles. The van der Waals surface area contributed by atoms with E-state index in [1.165, 1.54) is 39.5 Å². The number of nitro groups is 1. The average molecular weight is 410 g/mol. The molecule has 0 aliphatic rings. The van der Waals surface area contributed by atoms with Crippen molar-refractivity contribution in [2.24, 2.45) is 5.10 Å². The maximum atomic E-state index is 12.3. The summed E-state index contributed by atoms with van der Waals surface area (Å²) in [5, 5.41) is 24.5. The number of hydrogen-bond acceptors (Lipinski definition) is 8. The second kappa shape index (κ2) is 8.91. The van der Waals surface area contributed by atoms with Gasteiger partial charge < -0.3 is 19.3 Å². The summed E-state index contributed by atoms with van der Waals surface area (Å²) in [6.45, 7) is 0. The minimum Gasteiger partial charge on any atom is -0.502 e. The van der Waals surface area contributed by atoms with E-state index in [1.807, 2.05) is 0 Å². The fourth-order valence-electron chi connectivity index (χ4n) is 2.28. The van der Waals surface area contributed by atoms with Crippen LogP contribution >= 0.6 is 11.6 Å². The number of phenols is 1. The van der Waals surface area contributed by atoms with E-state index in [4.69, 9.17) is 25.8 Å². The number of nitrogens with one attached hydrogen (secondary N) is 1. The van der Waals surface area contributed by atoms with Crippen molar-refractivity contribution < 1.29 is 29.0 Å². The molecule has 1 amide bonds. The molecular weight excluding hydrogens is 394 g/mol. The second-order valence-electron chi connectivity index (χ2n) is 5.23. The predicted molar refractivity (Wildman–Crippen MR) is 101 cm³/mol. The maximum Gasteiger partial charge on any atom is 0.312 e. The number of nitro benzene ring substituents is 1. The van der Waals surface area contributed by atoms with E-state index >= 15 is 0 Å². The highest BCUT2D eigenvalue weighted by molar-refractivity contribution is 6.31. The van der Waals surface area contributed by atoms with Gasteiger partial charge in [0.25, 0.3) is 5.91 Å². The van der Waals surface area contributed by atoms with Gasteiger partial charge in [-0.15, -0.1) is 0 Å². The van der Waals surface area contributed by atoms with Crippen LogP contribution in [0.25, 0.3) is 0 Å². The Kier molecular flexibility index (Phi) is 6.61. The largest absolute Gasteiger partial charge is 0.502 e. The van der Waals surface area contributed by atoms with Crippen molar-refractivity contribution >= 4 is 29.4 Å². The minimum absolute atomic E-state index is 0.0295. The normalized spacial score (nSPS) is 10.6. The zero-order valence-electron chi connectivity index (χ0n) is 15.1. The number of carbonyl (C=O) groups is 1. The van der Waals surface area contributed by atoms with Gasteiger partial charge in [-0.2, -0.15) is 5.10 Å². The Labute approximate surface area is 164 Å². The van der Waals surface area contributed by atoms with Crippen LogP contribution in [0.4, 0.5) is 5.69 Å². The first-order chi connectivity index (χ1) is 13.3. The third kappa shape index (κ3) is 4.41. The zero-order chi connectivity index (χ0) is 20.8. The number of hydrazone groups is 1. The lowest BCUT2D eigenvalue weighted by atomic mass is 10.1. The second-order valence-corrected chi connectivity index (χ2v) is 5.67. The topological polar surface area (TPSA) is 133 Å². The van der Waals surface area contributed by atoms with Gasteiger partial charge in [-0.25, -0.2) is 5.43 Å². The monoisotopic (exact) mass is 409 g/mol. The van der Waals surface area contributed by atoms with Crippen LogP contribution in [0.15, 0.2) is 29.4 Å². The van der Waals surface area contributed by atoms with Crippen molar-refractivity contribution in [3.63, 3.8) is 0 Å². The molecule has 2 rings (SSSR count). The van der Waals surface area contributed by atoms with Crippen molar-refractivity contribution in [1.82, 2.24) is 5.43 Å². The Morgan fingerprint density at radius 2 is 1.79 bits per heavy atom. The van der Waals surface area contributed by atoms with Crippen molar-refractivity contribution in [3.05, 3.63) is 50.5 Å². The van der Waals surface area contributed by atoms with E-state index in [1.54, 1.807) is 0 Å². The molecule has 0 spiro atoms. The lowest BCUT2D eigenvalue weighted by Crippen LogP contribution is -2.18. The smallest absolute Gasteiger partial charge is 0.312 e. The van der Waals surface area contributed by atoms with Gasteiger partial charge in [-0.3, -0.25) is 14.9 Å².